The van der Waals surface area contributed by atoms with Crippen molar-refractivity contribution in [3.05, 3.63) is 60.7 Å². The van der Waals surface area contributed by atoms with Crippen molar-refractivity contribution in [2.75, 3.05) is 0 Å². The third-order valence-electron chi connectivity index (χ3n) is 2.70. The largest absolute Gasteiger partial charge is 0.423 e. The summed E-state index contributed by atoms with van der Waals surface area (Å²) in [7, 11) is 0. The van der Waals surface area contributed by atoms with Gasteiger partial charge in [-0.1, -0.05) is 18.2 Å². The third kappa shape index (κ3) is 2.65. The molecule has 0 aliphatic rings. The summed E-state index contributed by atoms with van der Waals surface area (Å²) in [6, 6.07) is 13.5. The molecule has 3 aromatic rings. The average molecular weight is 267 g/mol. The normalized spacial score (nSPS) is 10.4. The first kappa shape index (κ1) is 12.3. The van der Waals surface area contributed by atoms with Gasteiger partial charge in [0.15, 0.2) is 0 Å². The fraction of sp³-hybridized carbons (Fsp3) is 0.0714. The van der Waals surface area contributed by atoms with E-state index in [-0.39, 0.29) is 6.01 Å². The van der Waals surface area contributed by atoms with Crippen molar-refractivity contribution in [3.63, 3.8) is 0 Å². The van der Waals surface area contributed by atoms with Crippen LogP contribution in [0.15, 0.2) is 55.0 Å². The van der Waals surface area contributed by atoms with Crippen LogP contribution in [0.2, 0.25) is 0 Å². The zero-order valence-corrected chi connectivity index (χ0v) is 10.7. The van der Waals surface area contributed by atoms with Crippen LogP contribution in [-0.4, -0.2) is 19.7 Å². The zero-order valence-electron chi connectivity index (χ0n) is 10.7. The van der Waals surface area contributed by atoms with Crippen molar-refractivity contribution >= 4 is 0 Å². The first-order valence-corrected chi connectivity index (χ1v) is 6.15. The van der Waals surface area contributed by atoms with Crippen molar-refractivity contribution in [2.45, 2.75) is 6.54 Å². The van der Waals surface area contributed by atoms with Crippen LogP contribution in [-0.2, 0) is 6.54 Å². The molecule has 0 unspecified atom stereocenters. The molecule has 0 fully saturated rings. The summed E-state index contributed by atoms with van der Waals surface area (Å²) < 4.78 is 7.24. The highest BCUT2D eigenvalue weighted by atomic mass is 16.5. The maximum Gasteiger partial charge on any atom is 0.341 e. The number of benzene rings is 1. The summed E-state index contributed by atoms with van der Waals surface area (Å²) in [5, 5.41) is 4.26. The lowest BCUT2D eigenvalue weighted by Crippen LogP contribution is -1.99. The van der Waals surface area contributed by atoms with Crippen LogP contribution < -0.4 is 10.5 Å². The van der Waals surface area contributed by atoms with Crippen LogP contribution in [0.25, 0.3) is 5.69 Å². The Kier molecular flexibility index (Phi) is 3.38. The molecule has 0 saturated carbocycles. The van der Waals surface area contributed by atoms with Gasteiger partial charge >= 0.3 is 6.01 Å². The minimum absolute atomic E-state index is 0.281. The summed E-state index contributed by atoms with van der Waals surface area (Å²) in [5.74, 6) is 0.617. The number of hydrogen-bond donors (Lipinski definition) is 1. The predicted octanol–water partition coefficient (Wildman–Crippen LogP) is 1.91. The zero-order chi connectivity index (χ0) is 13.8. The van der Waals surface area contributed by atoms with Crippen molar-refractivity contribution < 1.29 is 4.74 Å². The van der Waals surface area contributed by atoms with Gasteiger partial charge in [-0.05, 0) is 18.2 Å². The van der Waals surface area contributed by atoms with Crippen LogP contribution in [0.4, 0.5) is 0 Å². The Labute approximate surface area is 115 Å². The van der Waals surface area contributed by atoms with Crippen LogP contribution in [0, 0.1) is 0 Å². The Morgan fingerprint density at radius 3 is 2.75 bits per heavy atom. The molecular formula is C14H13N5O. The number of hydrogen-bond acceptors (Lipinski definition) is 5. The van der Waals surface area contributed by atoms with E-state index in [0.29, 0.717) is 12.3 Å². The maximum absolute atomic E-state index is 5.58. The first-order valence-electron chi connectivity index (χ1n) is 6.15. The number of ether oxygens (including phenoxy) is 1. The number of rotatable bonds is 4. The van der Waals surface area contributed by atoms with E-state index in [1.165, 1.54) is 0 Å². The molecule has 100 valence electrons. The van der Waals surface area contributed by atoms with E-state index in [4.69, 9.17) is 10.5 Å². The topological polar surface area (TPSA) is 78.9 Å². The second-order valence-electron chi connectivity index (χ2n) is 4.10. The molecule has 2 aromatic heterocycles. The SMILES string of the molecule is NCc1cc(Oc2ncn(-c3ccccc3)n2)ccn1. The van der Waals surface area contributed by atoms with Crippen LogP contribution in [0.3, 0.4) is 0 Å². The highest BCUT2D eigenvalue weighted by Gasteiger charge is 2.05. The number of nitrogens with zero attached hydrogens (tertiary/aromatic N) is 4. The fourth-order valence-electron chi connectivity index (χ4n) is 1.74. The molecule has 6 nitrogen and oxygen atoms in total. The van der Waals surface area contributed by atoms with Gasteiger partial charge < -0.3 is 10.5 Å². The van der Waals surface area contributed by atoms with Gasteiger partial charge in [0.1, 0.15) is 12.1 Å². The monoisotopic (exact) mass is 267 g/mol. The van der Waals surface area contributed by atoms with Gasteiger partial charge in [0.25, 0.3) is 0 Å². The minimum Gasteiger partial charge on any atom is -0.423 e. The number of para-hydroxylation sites is 1. The second-order valence-corrected chi connectivity index (χ2v) is 4.10. The van der Waals surface area contributed by atoms with Gasteiger partial charge in [-0.2, -0.15) is 4.98 Å². The van der Waals surface area contributed by atoms with Crippen molar-refractivity contribution in [1.29, 1.82) is 0 Å². The lowest BCUT2D eigenvalue weighted by atomic mass is 10.3. The van der Waals surface area contributed by atoms with Crippen LogP contribution >= 0.6 is 0 Å². The molecule has 1 aromatic carbocycles. The van der Waals surface area contributed by atoms with Crippen molar-refractivity contribution in [3.8, 4) is 17.4 Å². The summed E-state index contributed by atoms with van der Waals surface area (Å²) in [5.41, 5.74) is 7.22. The van der Waals surface area contributed by atoms with E-state index >= 15 is 0 Å². The Balaban J connectivity index is 1.80. The molecular weight excluding hydrogens is 254 g/mol. The smallest absolute Gasteiger partial charge is 0.341 e. The fourth-order valence-corrected chi connectivity index (χ4v) is 1.74. The summed E-state index contributed by atoms with van der Waals surface area (Å²) in [4.78, 5) is 8.22. The Bertz CT molecular complexity index is 696. The third-order valence-corrected chi connectivity index (χ3v) is 2.70. The van der Waals surface area contributed by atoms with E-state index in [9.17, 15) is 0 Å². The van der Waals surface area contributed by atoms with Gasteiger partial charge in [0.2, 0.25) is 0 Å². The van der Waals surface area contributed by atoms with Gasteiger partial charge in [0.05, 0.1) is 11.4 Å². The molecule has 6 heteroatoms. The molecule has 3 rings (SSSR count). The molecule has 2 N–H and O–H groups in total. The van der Waals surface area contributed by atoms with E-state index in [1.807, 2.05) is 30.3 Å². The lowest BCUT2D eigenvalue weighted by molar-refractivity contribution is 0.440. The Morgan fingerprint density at radius 2 is 1.95 bits per heavy atom. The maximum atomic E-state index is 5.58. The molecule has 20 heavy (non-hydrogen) atoms. The predicted molar refractivity (Wildman–Crippen MR) is 73.6 cm³/mol. The quantitative estimate of drug-likeness (QED) is 0.781. The van der Waals surface area contributed by atoms with Gasteiger partial charge in [-0.25, -0.2) is 4.68 Å². The average Bonchev–Trinajstić information content (AvgIpc) is 2.97. The van der Waals surface area contributed by atoms with Crippen molar-refractivity contribution in [1.82, 2.24) is 19.7 Å². The molecule has 0 radical (unpaired) electrons. The molecule has 2 heterocycles. The summed E-state index contributed by atoms with van der Waals surface area (Å²) >= 11 is 0. The highest BCUT2D eigenvalue weighted by molar-refractivity contribution is 5.30. The minimum atomic E-state index is 0.281. The number of nitrogens with two attached hydrogens (primary N) is 1. The van der Waals surface area contributed by atoms with Crippen molar-refractivity contribution in [2.24, 2.45) is 5.73 Å². The summed E-state index contributed by atoms with van der Waals surface area (Å²) in [6.45, 7) is 0.364. The molecule has 0 atom stereocenters. The lowest BCUT2D eigenvalue weighted by Gasteiger charge is -2.02. The Morgan fingerprint density at radius 1 is 1.10 bits per heavy atom. The standard InChI is InChI=1S/C14H13N5O/c15-9-11-8-13(6-7-16-11)20-14-17-10-19(18-14)12-4-2-1-3-5-12/h1-8,10H,9,15H2. The van der Waals surface area contributed by atoms with Gasteiger partial charge in [-0.3, -0.25) is 4.98 Å². The van der Waals surface area contributed by atoms with Gasteiger partial charge in [-0.15, -0.1) is 5.10 Å². The number of pyridine rings is 1. The van der Waals surface area contributed by atoms with E-state index in [0.717, 1.165) is 11.4 Å². The van der Waals surface area contributed by atoms with Crippen LogP contribution in [0.5, 0.6) is 11.8 Å². The van der Waals surface area contributed by atoms with E-state index < -0.39 is 0 Å². The number of aromatic nitrogens is 4. The summed E-state index contributed by atoms with van der Waals surface area (Å²) in [6.07, 6.45) is 3.25. The van der Waals surface area contributed by atoms with Gasteiger partial charge in [0, 0.05) is 18.8 Å². The molecule has 0 amide bonds. The van der Waals surface area contributed by atoms with E-state index in [1.54, 1.807) is 29.3 Å². The first-order chi connectivity index (χ1) is 9.85. The molecule has 0 aliphatic heterocycles. The molecule has 0 saturated heterocycles. The van der Waals surface area contributed by atoms with Crippen LogP contribution in [0.1, 0.15) is 5.69 Å². The highest BCUT2D eigenvalue weighted by Crippen LogP contribution is 2.18. The second kappa shape index (κ2) is 5.50. The molecule has 0 spiro atoms. The Hall–Kier alpha value is -2.73. The van der Waals surface area contributed by atoms with E-state index in [2.05, 4.69) is 15.1 Å². The molecule has 0 bridgehead atoms. The molecule has 0 aliphatic carbocycles.